The predicted molar refractivity (Wildman–Crippen MR) is 56.2 cm³/mol. The smallest absolute Gasteiger partial charge is 0.149 e. The molecule has 0 aromatic heterocycles. The van der Waals surface area contributed by atoms with Crippen molar-refractivity contribution in [2.75, 3.05) is 0 Å². The van der Waals surface area contributed by atoms with E-state index in [9.17, 15) is 4.79 Å². The summed E-state index contributed by atoms with van der Waals surface area (Å²) < 4.78 is 0. The van der Waals surface area contributed by atoms with Gasteiger partial charge in [-0.25, -0.2) is 0 Å². The van der Waals surface area contributed by atoms with Crippen LogP contribution in [0.4, 0.5) is 0 Å². The van der Waals surface area contributed by atoms with Gasteiger partial charge in [0.05, 0.1) is 5.54 Å². The van der Waals surface area contributed by atoms with Crippen LogP contribution < -0.4 is 5.73 Å². The third-order valence-corrected chi connectivity index (χ3v) is 2.39. The van der Waals surface area contributed by atoms with Gasteiger partial charge in [-0.1, -0.05) is 34.1 Å². The minimum atomic E-state index is -0.630. The average Bonchev–Trinajstić information content (AvgIpc) is 2.06. The standard InChI is InChI=1S/C8H17NO.C2H6.H2/c1-5-6(2)8(4,9)7(3)10;1-2;/h6H,5,9H2,1-4H3;1-2H3;1H/t6-,8-;;/m0../s1. The molecular weight excluding hydrogens is 150 g/mol. The molecular formula is C10H25NO. The van der Waals surface area contributed by atoms with Crippen LogP contribution in [0, 0.1) is 5.92 Å². The Morgan fingerprint density at radius 3 is 2.00 bits per heavy atom. The van der Waals surface area contributed by atoms with Crippen molar-refractivity contribution < 1.29 is 6.22 Å². The van der Waals surface area contributed by atoms with Gasteiger partial charge in [0.25, 0.3) is 0 Å². The van der Waals surface area contributed by atoms with Crippen LogP contribution in [-0.4, -0.2) is 11.3 Å². The molecule has 2 nitrogen and oxygen atoms in total. The van der Waals surface area contributed by atoms with E-state index in [4.69, 9.17) is 5.73 Å². The summed E-state index contributed by atoms with van der Waals surface area (Å²) in [5.74, 6) is 0.340. The summed E-state index contributed by atoms with van der Waals surface area (Å²) in [5, 5.41) is 0. The van der Waals surface area contributed by atoms with Crippen LogP contribution >= 0.6 is 0 Å². The molecule has 0 rings (SSSR count). The number of ketones is 1. The molecule has 0 aliphatic heterocycles. The molecule has 0 heterocycles. The van der Waals surface area contributed by atoms with E-state index in [0.717, 1.165) is 6.42 Å². The third-order valence-electron chi connectivity index (χ3n) is 2.39. The predicted octanol–water partition coefficient (Wildman–Crippen LogP) is 2.61. The molecule has 0 unspecified atom stereocenters. The van der Waals surface area contributed by atoms with Crippen molar-refractivity contribution in [2.45, 2.75) is 53.5 Å². The largest absolute Gasteiger partial charge is 0.319 e. The molecule has 0 saturated carbocycles. The number of carbonyl (C=O) groups excluding carboxylic acids is 1. The van der Waals surface area contributed by atoms with Gasteiger partial charge in [0.15, 0.2) is 0 Å². The van der Waals surface area contributed by atoms with E-state index < -0.39 is 5.54 Å². The molecule has 0 aliphatic carbocycles. The number of Topliss-reactive ketones (excluding diaryl/α,β-unsaturated/α-hetero) is 1. The van der Waals surface area contributed by atoms with Gasteiger partial charge >= 0.3 is 0 Å². The fourth-order valence-electron chi connectivity index (χ4n) is 0.771. The second-order valence-corrected chi connectivity index (χ2v) is 3.15. The van der Waals surface area contributed by atoms with E-state index in [1.807, 2.05) is 27.7 Å². The summed E-state index contributed by atoms with van der Waals surface area (Å²) in [6.45, 7) is 11.4. The first-order valence-electron chi connectivity index (χ1n) is 4.72. The Kier molecular flexibility index (Phi) is 7.30. The van der Waals surface area contributed by atoms with Crippen LogP contribution in [0.15, 0.2) is 0 Å². The molecule has 0 spiro atoms. The molecule has 0 amide bonds. The highest BCUT2D eigenvalue weighted by molar-refractivity contribution is 5.85. The van der Waals surface area contributed by atoms with Crippen LogP contribution in [0.25, 0.3) is 0 Å². The highest BCUT2D eigenvalue weighted by Crippen LogP contribution is 2.17. The van der Waals surface area contributed by atoms with Crippen molar-refractivity contribution in [3.05, 3.63) is 0 Å². The maximum atomic E-state index is 10.9. The van der Waals surface area contributed by atoms with Crippen molar-refractivity contribution in [1.29, 1.82) is 0 Å². The lowest BCUT2D eigenvalue weighted by atomic mass is 9.83. The number of nitrogens with two attached hydrogens (primary N) is 1. The van der Waals surface area contributed by atoms with Gasteiger partial charge in [0.1, 0.15) is 5.78 Å². The maximum Gasteiger partial charge on any atom is 0.149 e. The van der Waals surface area contributed by atoms with Gasteiger partial charge in [0.2, 0.25) is 0 Å². The van der Waals surface area contributed by atoms with E-state index in [-0.39, 0.29) is 13.1 Å². The van der Waals surface area contributed by atoms with E-state index >= 15 is 0 Å². The molecule has 0 fully saturated rings. The van der Waals surface area contributed by atoms with Gasteiger partial charge in [-0.3, -0.25) is 4.79 Å². The summed E-state index contributed by atoms with van der Waals surface area (Å²) in [7, 11) is 0. The minimum Gasteiger partial charge on any atom is -0.319 e. The Hall–Kier alpha value is -0.370. The second-order valence-electron chi connectivity index (χ2n) is 3.15. The van der Waals surface area contributed by atoms with Crippen LogP contribution in [0.3, 0.4) is 0 Å². The Bertz CT molecular complexity index is 135. The zero-order valence-electron chi connectivity index (χ0n) is 9.27. The molecule has 2 heteroatoms. The summed E-state index contributed by atoms with van der Waals surface area (Å²) in [6.07, 6.45) is 0.951. The molecule has 2 N–H and O–H groups in total. The van der Waals surface area contributed by atoms with Gasteiger partial charge in [0, 0.05) is 1.43 Å². The zero-order valence-corrected chi connectivity index (χ0v) is 9.27. The van der Waals surface area contributed by atoms with Crippen LogP contribution in [0.2, 0.25) is 0 Å². The SMILES string of the molecule is CC.CC[C@H](C)[C@](C)(N)C(C)=O.[HH]. The number of hydrogen-bond acceptors (Lipinski definition) is 2. The quantitative estimate of drug-likeness (QED) is 0.716. The zero-order chi connectivity index (χ0) is 10.4. The normalized spacial score (nSPS) is 16.9. The van der Waals surface area contributed by atoms with Crippen LogP contribution in [-0.2, 0) is 4.79 Å². The van der Waals surface area contributed by atoms with Crippen molar-refractivity contribution >= 4 is 5.78 Å². The van der Waals surface area contributed by atoms with E-state index in [0.29, 0.717) is 0 Å². The fraction of sp³-hybridized carbons (Fsp3) is 0.900. The van der Waals surface area contributed by atoms with Gasteiger partial charge < -0.3 is 5.73 Å². The first kappa shape index (κ1) is 14.2. The minimum absolute atomic E-state index is 0. The molecule has 0 saturated heterocycles. The van der Waals surface area contributed by atoms with Gasteiger partial charge in [-0.2, -0.15) is 0 Å². The van der Waals surface area contributed by atoms with Crippen LogP contribution in [0.1, 0.15) is 49.4 Å². The van der Waals surface area contributed by atoms with Crippen LogP contribution in [0.5, 0.6) is 0 Å². The lowest BCUT2D eigenvalue weighted by Gasteiger charge is -2.27. The maximum absolute atomic E-state index is 10.9. The fourth-order valence-corrected chi connectivity index (χ4v) is 0.771. The lowest BCUT2D eigenvalue weighted by molar-refractivity contribution is -0.123. The molecule has 76 valence electrons. The summed E-state index contributed by atoms with van der Waals surface area (Å²) in [5.41, 5.74) is 5.13. The Labute approximate surface area is 78.0 Å². The molecule has 12 heavy (non-hydrogen) atoms. The summed E-state index contributed by atoms with van der Waals surface area (Å²) in [6, 6.07) is 0. The highest BCUT2D eigenvalue weighted by Gasteiger charge is 2.29. The Morgan fingerprint density at radius 1 is 1.58 bits per heavy atom. The van der Waals surface area contributed by atoms with Gasteiger partial charge in [-0.15, -0.1) is 0 Å². The first-order chi connectivity index (χ1) is 5.42. The molecule has 0 radical (unpaired) electrons. The number of rotatable bonds is 3. The van der Waals surface area contributed by atoms with E-state index in [2.05, 4.69) is 0 Å². The van der Waals surface area contributed by atoms with E-state index in [1.54, 1.807) is 13.8 Å². The summed E-state index contributed by atoms with van der Waals surface area (Å²) in [4.78, 5) is 10.9. The van der Waals surface area contributed by atoms with Gasteiger partial charge in [-0.05, 0) is 19.8 Å². The van der Waals surface area contributed by atoms with Crippen molar-refractivity contribution in [3.8, 4) is 0 Å². The molecule has 2 atom stereocenters. The Balaban J connectivity index is -0.000000309. The van der Waals surface area contributed by atoms with Crippen molar-refractivity contribution in [3.63, 3.8) is 0 Å². The molecule has 0 aromatic carbocycles. The monoisotopic (exact) mass is 175 g/mol. The number of carbonyl (C=O) groups is 1. The molecule has 0 bridgehead atoms. The van der Waals surface area contributed by atoms with Crippen molar-refractivity contribution in [2.24, 2.45) is 11.7 Å². The third kappa shape index (κ3) is 3.86. The second kappa shape index (κ2) is 6.18. The van der Waals surface area contributed by atoms with Crippen molar-refractivity contribution in [1.82, 2.24) is 0 Å². The summed E-state index contributed by atoms with van der Waals surface area (Å²) >= 11 is 0. The first-order valence-corrected chi connectivity index (χ1v) is 4.72. The average molecular weight is 175 g/mol. The topological polar surface area (TPSA) is 43.1 Å². The molecule has 0 aromatic rings. The highest BCUT2D eigenvalue weighted by atomic mass is 16.1. The lowest BCUT2D eigenvalue weighted by Crippen LogP contribution is -2.49. The number of hydrogen-bond donors (Lipinski definition) is 1. The Morgan fingerprint density at radius 2 is 1.92 bits per heavy atom. The van der Waals surface area contributed by atoms with E-state index in [1.165, 1.54) is 0 Å². The molecule has 0 aliphatic rings.